The zero-order valence-electron chi connectivity index (χ0n) is 19.7. The normalized spacial score (nSPS) is 12.4. The van der Waals surface area contributed by atoms with Gasteiger partial charge in [0.1, 0.15) is 22.9 Å². The monoisotopic (exact) mass is 485 g/mol. The molecule has 1 aromatic carbocycles. The van der Waals surface area contributed by atoms with Gasteiger partial charge < -0.3 is 20.4 Å². The van der Waals surface area contributed by atoms with Crippen LogP contribution in [-0.2, 0) is 20.9 Å². The molecular formula is C25H31N3O5S. The van der Waals surface area contributed by atoms with E-state index in [0.717, 1.165) is 21.9 Å². The largest absolute Gasteiger partial charge is 0.507 e. The summed E-state index contributed by atoms with van der Waals surface area (Å²) in [5.41, 5.74) is 0.573. The van der Waals surface area contributed by atoms with Crippen molar-refractivity contribution in [3.63, 3.8) is 0 Å². The van der Waals surface area contributed by atoms with Crippen molar-refractivity contribution in [2.75, 3.05) is 6.54 Å². The first-order chi connectivity index (χ1) is 16.2. The minimum atomic E-state index is -1.26. The molecule has 2 rings (SSSR count). The Morgan fingerprint density at radius 3 is 2.41 bits per heavy atom. The Bertz CT molecular complexity index is 1060. The number of nitrogens with one attached hydrogen (secondary N) is 1. The third-order valence-electron chi connectivity index (χ3n) is 5.18. The topological polar surface area (TPSA) is 120 Å². The molecule has 2 amide bonds. The number of hydrogen-bond acceptors (Lipinski definition) is 6. The van der Waals surface area contributed by atoms with Crippen LogP contribution in [-0.4, -0.2) is 50.5 Å². The number of nitrogens with zero attached hydrogens (tertiary/aromatic N) is 2. The van der Waals surface area contributed by atoms with E-state index in [0.29, 0.717) is 12.8 Å². The molecule has 1 heterocycles. The summed E-state index contributed by atoms with van der Waals surface area (Å²) in [5, 5.41) is 22.5. The number of carbonyl (C=O) groups excluding carboxylic acids is 2. The summed E-state index contributed by atoms with van der Waals surface area (Å²) >= 11 is 1.45. The van der Waals surface area contributed by atoms with Gasteiger partial charge in [-0.25, -0.2) is 4.98 Å². The van der Waals surface area contributed by atoms with E-state index in [4.69, 9.17) is 5.11 Å². The molecule has 34 heavy (non-hydrogen) atoms. The fourth-order valence-electron chi connectivity index (χ4n) is 3.45. The highest BCUT2D eigenvalue weighted by Gasteiger charge is 2.32. The first-order valence-electron chi connectivity index (χ1n) is 11.1. The van der Waals surface area contributed by atoms with Gasteiger partial charge in [-0.05, 0) is 25.3 Å². The van der Waals surface area contributed by atoms with Crippen molar-refractivity contribution < 1.29 is 24.6 Å². The number of aromatic nitrogens is 1. The van der Waals surface area contributed by atoms with E-state index in [2.05, 4.69) is 16.9 Å². The number of benzene rings is 1. The van der Waals surface area contributed by atoms with Crippen LogP contribution in [0.1, 0.15) is 44.9 Å². The van der Waals surface area contributed by atoms with Crippen LogP contribution in [0.3, 0.4) is 0 Å². The number of thiazole rings is 1. The number of hydrogen-bond donors (Lipinski definition) is 3. The molecule has 3 N–H and O–H groups in total. The van der Waals surface area contributed by atoms with Crippen molar-refractivity contribution >= 4 is 29.1 Å². The molecule has 182 valence electrons. The van der Waals surface area contributed by atoms with Crippen molar-refractivity contribution in [3.8, 4) is 10.6 Å². The summed E-state index contributed by atoms with van der Waals surface area (Å²) in [6.07, 6.45) is 3.86. The van der Waals surface area contributed by atoms with Crippen LogP contribution >= 0.6 is 11.3 Å². The fraction of sp³-hybridized carbons (Fsp3) is 0.360. The van der Waals surface area contributed by atoms with Gasteiger partial charge in [-0.3, -0.25) is 14.4 Å². The first kappa shape index (κ1) is 26.8. The predicted octanol–water partition coefficient (Wildman–Crippen LogP) is 4.31. The van der Waals surface area contributed by atoms with Crippen molar-refractivity contribution in [3.05, 3.63) is 64.9 Å². The van der Waals surface area contributed by atoms with Crippen LogP contribution in [0.4, 0.5) is 0 Å². The average Bonchev–Trinajstić information content (AvgIpc) is 3.29. The Kier molecular flexibility index (Phi) is 10.0. The van der Waals surface area contributed by atoms with Gasteiger partial charge in [0.05, 0.1) is 6.54 Å². The van der Waals surface area contributed by atoms with Gasteiger partial charge in [-0.1, -0.05) is 57.2 Å². The molecule has 0 aliphatic rings. The number of carboxylic acid groups (broad SMARTS) is 1. The number of carboxylic acids is 1. The predicted molar refractivity (Wildman–Crippen MR) is 132 cm³/mol. The summed E-state index contributed by atoms with van der Waals surface area (Å²) in [6, 6.07) is 9.49. The Labute approximate surface area is 203 Å². The molecule has 1 atom stereocenters. The second-order valence-electron chi connectivity index (χ2n) is 7.86. The molecule has 0 saturated carbocycles. The third-order valence-corrected chi connectivity index (χ3v) is 6.21. The summed E-state index contributed by atoms with van der Waals surface area (Å²) in [6.45, 7) is 8.58. The Balaban J connectivity index is 2.45. The van der Waals surface area contributed by atoms with Gasteiger partial charge in [-0.2, -0.15) is 0 Å². The maximum absolute atomic E-state index is 13.7. The maximum Gasteiger partial charge on any atom is 0.322 e. The summed E-state index contributed by atoms with van der Waals surface area (Å²) in [7, 11) is 0. The van der Waals surface area contributed by atoms with Crippen LogP contribution in [0.5, 0.6) is 0 Å². The molecular weight excluding hydrogens is 454 g/mol. The SMILES string of the molecule is C=C(C)/C(O)=C(/C(=O)NCC(=O)O)C(=O)N(Cc1cnc(-c2ccccc2)s1)C(CC)CCC. The molecule has 0 saturated heterocycles. The number of carbonyl (C=O) groups is 3. The highest BCUT2D eigenvalue weighted by molar-refractivity contribution is 7.15. The number of amides is 2. The lowest BCUT2D eigenvalue weighted by atomic mass is 10.0. The summed E-state index contributed by atoms with van der Waals surface area (Å²) in [5.74, 6) is -3.46. The van der Waals surface area contributed by atoms with E-state index in [1.54, 1.807) is 11.1 Å². The molecule has 0 aliphatic heterocycles. The molecule has 1 unspecified atom stereocenters. The average molecular weight is 486 g/mol. The molecule has 8 nitrogen and oxygen atoms in total. The Morgan fingerprint density at radius 1 is 1.18 bits per heavy atom. The number of allylic oxidation sites excluding steroid dienone is 1. The number of aliphatic carboxylic acids is 1. The highest BCUT2D eigenvalue weighted by atomic mass is 32.1. The van der Waals surface area contributed by atoms with Crippen LogP contribution in [0, 0.1) is 0 Å². The van der Waals surface area contributed by atoms with Gasteiger partial charge in [-0.15, -0.1) is 11.3 Å². The summed E-state index contributed by atoms with van der Waals surface area (Å²) < 4.78 is 0. The minimum Gasteiger partial charge on any atom is -0.507 e. The van der Waals surface area contributed by atoms with Crippen LogP contribution in [0.15, 0.2) is 60.0 Å². The lowest BCUT2D eigenvalue weighted by Gasteiger charge is -2.31. The van der Waals surface area contributed by atoms with Crippen LogP contribution in [0.25, 0.3) is 10.6 Å². The quantitative estimate of drug-likeness (QED) is 0.136. The Hall–Kier alpha value is -3.46. The second kappa shape index (κ2) is 12.7. The maximum atomic E-state index is 13.7. The van der Waals surface area contributed by atoms with Gasteiger partial charge in [0.15, 0.2) is 0 Å². The van der Waals surface area contributed by atoms with Crippen molar-refractivity contribution in [2.45, 2.75) is 52.6 Å². The van der Waals surface area contributed by atoms with E-state index >= 15 is 0 Å². The molecule has 0 bridgehead atoms. The lowest BCUT2D eigenvalue weighted by molar-refractivity contribution is -0.139. The van der Waals surface area contributed by atoms with Gasteiger partial charge in [0, 0.05) is 22.7 Å². The summed E-state index contributed by atoms with van der Waals surface area (Å²) in [4.78, 5) is 44.2. The number of rotatable bonds is 12. The van der Waals surface area contributed by atoms with Gasteiger partial charge in [0.25, 0.3) is 11.8 Å². The standard InChI is InChI=1S/C25H31N3O5S/c1-5-10-18(6-2)28(15-19-13-27-24(34-19)17-11-8-7-9-12-17)25(33)21(22(31)16(3)4)23(32)26-14-20(29)30/h7-9,11-13,18,31H,3,5-6,10,14-15H2,1-2,4H3,(H,26,32)(H,29,30)/b22-21+. The molecule has 1 aromatic heterocycles. The Morgan fingerprint density at radius 2 is 1.85 bits per heavy atom. The molecule has 0 radical (unpaired) electrons. The lowest BCUT2D eigenvalue weighted by Crippen LogP contribution is -2.44. The van der Waals surface area contributed by atoms with Crippen molar-refractivity contribution in [2.24, 2.45) is 0 Å². The fourth-order valence-corrected chi connectivity index (χ4v) is 4.37. The van der Waals surface area contributed by atoms with Gasteiger partial charge >= 0.3 is 5.97 Å². The second-order valence-corrected chi connectivity index (χ2v) is 8.98. The smallest absolute Gasteiger partial charge is 0.322 e. The van der Waals surface area contributed by atoms with E-state index in [-0.39, 0.29) is 18.2 Å². The van der Waals surface area contributed by atoms with E-state index < -0.39 is 35.7 Å². The van der Waals surface area contributed by atoms with Crippen LogP contribution < -0.4 is 5.32 Å². The van der Waals surface area contributed by atoms with E-state index in [9.17, 15) is 19.5 Å². The number of aliphatic hydroxyl groups excluding tert-OH is 1. The molecule has 2 aromatic rings. The molecule has 0 aliphatic carbocycles. The molecule has 9 heteroatoms. The number of aliphatic hydroxyl groups is 1. The van der Waals surface area contributed by atoms with Gasteiger partial charge in [0.2, 0.25) is 0 Å². The van der Waals surface area contributed by atoms with Crippen LogP contribution in [0.2, 0.25) is 0 Å². The zero-order valence-corrected chi connectivity index (χ0v) is 20.5. The van der Waals surface area contributed by atoms with E-state index in [1.165, 1.54) is 18.3 Å². The highest BCUT2D eigenvalue weighted by Crippen LogP contribution is 2.28. The minimum absolute atomic E-state index is 0.126. The van der Waals surface area contributed by atoms with Crippen molar-refractivity contribution in [1.82, 2.24) is 15.2 Å². The molecule has 0 fully saturated rings. The zero-order chi connectivity index (χ0) is 25.3. The van der Waals surface area contributed by atoms with Crippen molar-refractivity contribution in [1.29, 1.82) is 0 Å². The molecule has 0 spiro atoms. The third kappa shape index (κ3) is 7.02. The first-order valence-corrected chi connectivity index (χ1v) is 11.9. The van der Waals surface area contributed by atoms with E-state index in [1.807, 2.05) is 44.2 Å².